The molecule has 0 aromatic carbocycles. The van der Waals surface area contributed by atoms with Crippen molar-refractivity contribution < 1.29 is 27.9 Å². The van der Waals surface area contributed by atoms with E-state index in [4.69, 9.17) is 15.6 Å². The van der Waals surface area contributed by atoms with Crippen LogP contribution in [0.3, 0.4) is 0 Å². The zero-order chi connectivity index (χ0) is 12.8. The topological polar surface area (TPSA) is 96.0 Å². The van der Waals surface area contributed by atoms with Crippen molar-refractivity contribution in [3.05, 3.63) is 12.3 Å². The number of aliphatic imine (C=N–C) groups is 1. The van der Waals surface area contributed by atoms with Gasteiger partial charge in [0.25, 0.3) is 0 Å². The summed E-state index contributed by atoms with van der Waals surface area (Å²) in [6, 6.07) is -0.469. The molecule has 9 heteroatoms. The van der Waals surface area contributed by atoms with Crippen molar-refractivity contribution in [2.45, 2.75) is 6.18 Å². The van der Waals surface area contributed by atoms with Gasteiger partial charge >= 0.3 is 18.2 Å². The monoisotopic (exact) mass is 239 g/mol. The number of nitrogens with two attached hydrogens (primary N) is 1. The van der Waals surface area contributed by atoms with Crippen LogP contribution >= 0.6 is 0 Å². The fraction of sp³-hybridized carbons (Fsp3) is 0.286. The van der Waals surface area contributed by atoms with Crippen LogP contribution in [0.15, 0.2) is 17.3 Å². The number of urea groups is 1. The Hall–Kier alpha value is -2.06. The minimum Gasteiger partial charge on any atom is -0.475 e. The van der Waals surface area contributed by atoms with E-state index >= 15 is 0 Å². The zero-order valence-corrected chi connectivity index (χ0v) is 7.81. The summed E-state index contributed by atoms with van der Waals surface area (Å²) in [5.41, 5.74) is 4.93. The van der Waals surface area contributed by atoms with Crippen molar-refractivity contribution in [2.75, 3.05) is 6.67 Å². The van der Waals surface area contributed by atoms with E-state index in [1.54, 1.807) is 18.5 Å². The van der Waals surface area contributed by atoms with Gasteiger partial charge in [0.15, 0.2) is 0 Å². The van der Waals surface area contributed by atoms with Gasteiger partial charge in [-0.1, -0.05) is 0 Å². The number of aliphatic carboxylic acids is 1. The largest absolute Gasteiger partial charge is 0.490 e. The van der Waals surface area contributed by atoms with Gasteiger partial charge in [-0.15, -0.1) is 0 Å². The smallest absolute Gasteiger partial charge is 0.475 e. The third-order valence-corrected chi connectivity index (χ3v) is 1.22. The molecule has 16 heavy (non-hydrogen) atoms. The second-order valence-corrected chi connectivity index (χ2v) is 2.43. The predicted molar refractivity (Wildman–Crippen MR) is 47.6 cm³/mol. The van der Waals surface area contributed by atoms with Crippen LogP contribution < -0.4 is 5.73 Å². The molecule has 0 aliphatic carbocycles. The lowest BCUT2D eigenvalue weighted by Gasteiger charge is -2.13. The van der Waals surface area contributed by atoms with E-state index in [2.05, 4.69) is 4.99 Å². The number of halogens is 3. The molecule has 1 heterocycles. The summed E-state index contributed by atoms with van der Waals surface area (Å²) >= 11 is 0. The van der Waals surface area contributed by atoms with Gasteiger partial charge in [0, 0.05) is 12.4 Å². The molecule has 3 N–H and O–H groups in total. The van der Waals surface area contributed by atoms with Gasteiger partial charge in [-0.2, -0.15) is 13.2 Å². The first-order valence-corrected chi connectivity index (χ1v) is 3.78. The van der Waals surface area contributed by atoms with Gasteiger partial charge in [-0.3, -0.25) is 9.89 Å². The number of hydrogen-bond donors (Lipinski definition) is 2. The zero-order valence-electron chi connectivity index (χ0n) is 7.81. The lowest BCUT2D eigenvalue weighted by Crippen LogP contribution is -2.32. The number of hydrogen-bond acceptors (Lipinski definition) is 3. The van der Waals surface area contributed by atoms with E-state index in [1.165, 1.54) is 4.90 Å². The Labute approximate surface area is 87.8 Å². The molecule has 0 aromatic rings. The number of carbonyl (C=O) groups is 2. The normalized spacial score (nSPS) is 14.1. The number of carboxylic acid groups (broad SMARTS) is 1. The lowest BCUT2D eigenvalue weighted by atomic mass is 10.5. The van der Waals surface area contributed by atoms with E-state index in [0.717, 1.165) is 0 Å². The van der Waals surface area contributed by atoms with E-state index in [0.29, 0.717) is 6.67 Å². The molecule has 0 saturated heterocycles. The van der Waals surface area contributed by atoms with Gasteiger partial charge in [-0.05, 0) is 6.08 Å². The molecule has 1 aliphatic rings. The minimum atomic E-state index is -5.08. The fourth-order valence-corrected chi connectivity index (χ4v) is 0.529. The first-order valence-electron chi connectivity index (χ1n) is 3.78. The molecular weight excluding hydrogens is 231 g/mol. The molecule has 1 aliphatic heterocycles. The van der Waals surface area contributed by atoms with Crippen LogP contribution in [0.1, 0.15) is 0 Å². The summed E-state index contributed by atoms with van der Waals surface area (Å²) in [6.07, 6.45) is -0.205. The number of allylic oxidation sites excluding steroid dienone is 1. The second kappa shape index (κ2) is 5.73. The van der Waals surface area contributed by atoms with Crippen molar-refractivity contribution in [2.24, 2.45) is 10.7 Å². The summed E-state index contributed by atoms with van der Waals surface area (Å²) < 4.78 is 31.7. The molecule has 0 atom stereocenters. The van der Waals surface area contributed by atoms with Crippen molar-refractivity contribution >= 4 is 18.2 Å². The van der Waals surface area contributed by atoms with Crippen molar-refractivity contribution in [3.8, 4) is 0 Å². The standard InChI is InChI=1S/C5H7N3O.C2HF3O2/c6-5(9)8-3-1-2-7-4-8;3-2(4,5)1(6)7/h1-3H,4H2,(H2,6,9);(H,6,7). The fourth-order valence-electron chi connectivity index (χ4n) is 0.529. The highest BCUT2D eigenvalue weighted by Gasteiger charge is 2.38. The third kappa shape index (κ3) is 5.62. The molecule has 0 unspecified atom stereocenters. The van der Waals surface area contributed by atoms with E-state index in [9.17, 15) is 18.0 Å². The Morgan fingerprint density at radius 3 is 2.12 bits per heavy atom. The third-order valence-electron chi connectivity index (χ3n) is 1.22. The molecule has 1 rings (SSSR count). The van der Waals surface area contributed by atoms with Gasteiger partial charge < -0.3 is 10.8 Å². The molecule has 90 valence electrons. The van der Waals surface area contributed by atoms with Crippen LogP contribution in [0.2, 0.25) is 0 Å². The first-order chi connectivity index (χ1) is 7.25. The Morgan fingerprint density at radius 1 is 1.44 bits per heavy atom. The van der Waals surface area contributed by atoms with Crippen LogP contribution in [0.25, 0.3) is 0 Å². The highest BCUT2D eigenvalue weighted by molar-refractivity contribution is 5.78. The van der Waals surface area contributed by atoms with Crippen LogP contribution in [-0.4, -0.2) is 41.1 Å². The first kappa shape index (κ1) is 13.9. The number of carbonyl (C=O) groups excluding carboxylic acids is 1. The number of rotatable bonds is 0. The van der Waals surface area contributed by atoms with Gasteiger partial charge in [0.05, 0.1) is 0 Å². The minimum absolute atomic E-state index is 0.339. The number of alkyl halides is 3. The van der Waals surface area contributed by atoms with Crippen molar-refractivity contribution in [1.82, 2.24) is 4.90 Å². The van der Waals surface area contributed by atoms with Gasteiger partial charge in [-0.25, -0.2) is 9.59 Å². The van der Waals surface area contributed by atoms with Crippen LogP contribution in [0.5, 0.6) is 0 Å². The predicted octanol–water partition coefficient (Wildman–Crippen LogP) is 0.556. The SMILES string of the molecule is NC(=O)N1C=CC=NC1.O=C(O)C(F)(F)F. The molecule has 2 amide bonds. The van der Waals surface area contributed by atoms with Crippen molar-refractivity contribution in [1.29, 1.82) is 0 Å². The molecule has 0 fully saturated rings. The maximum atomic E-state index is 10.6. The van der Waals surface area contributed by atoms with Crippen LogP contribution in [0.4, 0.5) is 18.0 Å². The molecular formula is C7H8F3N3O3. The average molecular weight is 239 g/mol. The highest BCUT2D eigenvalue weighted by atomic mass is 19.4. The average Bonchev–Trinajstić information content (AvgIpc) is 2.18. The number of nitrogens with zero attached hydrogens (tertiary/aromatic N) is 2. The van der Waals surface area contributed by atoms with Gasteiger partial charge in [0.1, 0.15) is 6.67 Å². The summed E-state index contributed by atoms with van der Waals surface area (Å²) in [5, 5.41) is 7.12. The Kier molecular flexibility index (Phi) is 4.99. The molecule has 6 nitrogen and oxygen atoms in total. The molecule has 0 saturated carbocycles. The Morgan fingerprint density at radius 2 is 1.94 bits per heavy atom. The van der Waals surface area contributed by atoms with E-state index in [-0.39, 0.29) is 0 Å². The number of amides is 2. The maximum Gasteiger partial charge on any atom is 0.490 e. The van der Waals surface area contributed by atoms with Crippen LogP contribution in [0, 0.1) is 0 Å². The number of carboxylic acids is 1. The van der Waals surface area contributed by atoms with Crippen LogP contribution in [-0.2, 0) is 4.79 Å². The van der Waals surface area contributed by atoms with Crippen molar-refractivity contribution in [3.63, 3.8) is 0 Å². The Bertz CT molecular complexity index is 325. The molecule has 0 spiro atoms. The molecule has 0 bridgehead atoms. The maximum absolute atomic E-state index is 10.6. The second-order valence-electron chi connectivity index (χ2n) is 2.43. The summed E-state index contributed by atoms with van der Waals surface area (Å²) in [6.45, 7) is 0.339. The van der Waals surface area contributed by atoms with Gasteiger partial charge in [0.2, 0.25) is 0 Å². The quantitative estimate of drug-likeness (QED) is 0.646. The van der Waals surface area contributed by atoms with E-state index < -0.39 is 18.2 Å². The summed E-state index contributed by atoms with van der Waals surface area (Å²) in [5.74, 6) is -2.76. The highest BCUT2D eigenvalue weighted by Crippen LogP contribution is 2.13. The Balaban J connectivity index is 0.000000293. The van der Waals surface area contributed by atoms with E-state index in [1.807, 2.05) is 0 Å². The molecule has 0 aromatic heterocycles. The number of primary amides is 1. The molecule has 0 radical (unpaired) electrons. The summed E-state index contributed by atoms with van der Waals surface area (Å²) in [4.78, 5) is 24.4. The lowest BCUT2D eigenvalue weighted by molar-refractivity contribution is -0.192. The summed E-state index contributed by atoms with van der Waals surface area (Å²) in [7, 11) is 0.